The van der Waals surface area contributed by atoms with Gasteiger partial charge in [-0.1, -0.05) is 36.1 Å². The van der Waals surface area contributed by atoms with E-state index in [-0.39, 0.29) is 5.91 Å². The Bertz CT molecular complexity index is 1590. The maximum Gasteiger partial charge on any atom is 0.416 e. The van der Waals surface area contributed by atoms with E-state index in [4.69, 9.17) is 0 Å². The van der Waals surface area contributed by atoms with E-state index in [1.807, 2.05) is 47.8 Å². The number of carbonyl (C=O) groups excluding carboxylic acids is 1. The minimum Gasteiger partial charge on any atom is -0.304 e. The zero-order valence-corrected chi connectivity index (χ0v) is 23.6. The summed E-state index contributed by atoms with van der Waals surface area (Å²) in [6.07, 6.45) is -4.42. The van der Waals surface area contributed by atoms with Gasteiger partial charge in [-0.15, -0.1) is 11.3 Å². The molecule has 1 aliphatic rings. The Balaban J connectivity index is 1.23. The lowest BCUT2D eigenvalue weighted by molar-refractivity contribution is -0.137. The fourth-order valence-electron chi connectivity index (χ4n) is 4.58. The van der Waals surface area contributed by atoms with E-state index in [2.05, 4.69) is 39.0 Å². The first-order chi connectivity index (χ1) is 19.6. The van der Waals surface area contributed by atoms with Gasteiger partial charge in [0.2, 0.25) is 0 Å². The van der Waals surface area contributed by atoms with Gasteiger partial charge in [0.15, 0.2) is 5.13 Å². The van der Waals surface area contributed by atoms with Crippen LogP contribution in [0.25, 0.3) is 11.3 Å². The van der Waals surface area contributed by atoms with Crippen LogP contribution in [0.1, 0.15) is 38.2 Å². The van der Waals surface area contributed by atoms with Crippen molar-refractivity contribution >= 4 is 22.4 Å². The summed E-state index contributed by atoms with van der Waals surface area (Å²) in [6, 6.07) is 18.8. The monoisotopic (exact) mass is 574 g/mol. The summed E-state index contributed by atoms with van der Waals surface area (Å²) < 4.78 is 39.5. The molecule has 5 rings (SSSR count). The summed E-state index contributed by atoms with van der Waals surface area (Å²) in [5, 5.41) is 5.19. The number of benzene rings is 3. The number of anilines is 1. The number of nitrogens with zero attached hydrogens (tertiary/aromatic N) is 3. The first kappa shape index (κ1) is 28.6. The lowest BCUT2D eigenvalue weighted by Crippen LogP contribution is -2.43. The van der Waals surface area contributed by atoms with Gasteiger partial charge in [-0.05, 0) is 67.6 Å². The molecule has 1 N–H and O–H groups in total. The zero-order valence-electron chi connectivity index (χ0n) is 22.8. The van der Waals surface area contributed by atoms with Crippen LogP contribution in [0, 0.1) is 18.8 Å². The number of aryl methyl sites for hydroxylation is 1. The molecule has 1 amide bonds. The van der Waals surface area contributed by atoms with E-state index in [0.717, 1.165) is 50.4 Å². The van der Waals surface area contributed by atoms with Crippen LogP contribution in [0.5, 0.6) is 0 Å². The highest BCUT2D eigenvalue weighted by Gasteiger charge is 2.30. The molecular weight excluding hydrogens is 545 g/mol. The normalized spacial score (nSPS) is 14.4. The first-order valence-corrected chi connectivity index (χ1v) is 14.1. The molecule has 1 aromatic heterocycles. The lowest BCUT2D eigenvalue weighted by atomic mass is 10.1. The Morgan fingerprint density at radius 1 is 0.976 bits per heavy atom. The number of hydrogen-bond donors (Lipinski definition) is 1. The molecule has 1 aliphatic heterocycles. The number of likely N-dealkylation sites (N-methyl/N-ethyl adjacent to an activating group) is 1. The molecule has 2 heterocycles. The van der Waals surface area contributed by atoms with Crippen LogP contribution in [0.4, 0.5) is 18.3 Å². The zero-order chi connectivity index (χ0) is 29.0. The molecular formula is C32H29F3N4OS. The topological polar surface area (TPSA) is 48.5 Å². The second kappa shape index (κ2) is 12.3. The summed E-state index contributed by atoms with van der Waals surface area (Å²) in [6.45, 7) is 6.69. The van der Waals surface area contributed by atoms with Crippen molar-refractivity contribution in [1.29, 1.82) is 0 Å². The van der Waals surface area contributed by atoms with Gasteiger partial charge >= 0.3 is 6.18 Å². The molecule has 0 unspecified atom stereocenters. The largest absolute Gasteiger partial charge is 0.416 e. The van der Waals surface area contributed by atoms with Crippen molar-refractivity contribution in [1.82, 2.24) is 14.8 Å². The van der Waals surface area contributed by atoms with Gasteiger partial charge in [0.25, 0.3) is 5.91 Å². The molecule has 0 atom stereocenters. The fourth-order valence-corrected chi connectivity index (χ4v) is 5.29. The molecule has 0 aliphatic carbocycles. The molecule has 0 spiro atoms. The maximum absolute atomic E-state index is 13.2. The quantitative estimate of drug-likeness (QED) is 0.275. The summed E-state index contributed by atoms with van der Waals surface area (Å²) in [5.74, 6) is 5.57. The molecule has 41 heavy (non-hydrogen) atoms. The Morgan fingerprint density at radius 3 is 2.44 bits per heavy atom. The second-order valence-corrected chi connectivity index (χ2v) is 11.0. The summed E-state index contributed by atoms with van der Waals surface area (Å²) >= 11 is 1.32. The number of carbonyl (C=O) groups is 1. The molecule has 0 saturated carbocycles. The third-order valence-corrected chi connectivity index (χ3v) is 7.61. The number of nitrogens with one attached hydrogen (secondary N) is 1. The molecule has 210 valence electrons. The predicted octanol–water partition coefficient (Wildman–Crippen LogP) is 6.54. The van der Waals surface area contributed by atoms with Gasteiger partial charge < -0.3 is 4.90 Å². The molecule has 1 saturated heterocycles. The van der Waals surface area contributed by atoms with Gasteiger partial charge in [-0.2, -0.15) is 13.2 Å². The number of aromatic nitrogens is 1. The summed E-state index contributed by atoms with van der Waals surface area (Å²) in [4.78, 5) is 22.1. The average molecular weight is 575 g/mol. The van der Waals surface area contributed by atoms with Crippen LogP contribution < -0.4 is 5.32 Å². The van der Waals surface area contributed by atoms with Crippen LogP contribution >= 0.6 is 11.3 Å². The van der Waals surface area contributed by atoms with Crippen LogP contribution in [0.2, 0.25) is 0 Å². The first-order valence-electron chi connectivity index (χ1n) is 13.2. The lowest BCUT2D eigenvalue weighted by Gasteiger charge is -2.32. The van der Waals surface area contributed by atoms with E-state index < -0.39 is 11.7 Å². The van der Waals surface area contributed by atoms with E-state index in [0.29, 0.717) is 33.1 Å². The van der Waals surface area contributed by atoms with Gasteiger partial charge in [0.05, 0.1) is 11.3 Å². The van der Waals surface area contributed by atoms with Crippen LogP contribution in [-0.4, -0.2) is 53.9 Å². The maximum atomic E-state index is 13.2. The van der Waals surface area contributed by atoms with Crippen molar-refractivity contribution in [3.63, 3.8) is 0 Å². The standard InChI is InChI=1S/C32H29F3N4OS/c1-22-16-25(19-28(17-22)32(33,34)35)7-6-23-4-3-5-27(18-23)29-21-41-31(36-29)37-30(40)26-10-8-24(9-11-26)20-39-14-12-38(2)13-15-39/h3-5,8-11,16-19,21H,12-15,20H2,1-2H3,(H,36,37,40). The van der Waals surface area contributed by atoms with Crippen molar-refractivity contribution in [2.75, 3.05) is 38.5 Å². The van der Waals surface area contributed by atoms with Gasteiger partial charge in [0, 0.05) is 60.4 Å². The minimum absolute atomic E-state index is 0.229. The SMILES string of the molecule is Cc1cc(C#Cc2cccc(-c3csc(NC(=O)c4ccc(CN5CCN(C)CC5)cc4)n3)c2)cc(C(F)(F)F)c1. The third-order valence-electron chi connectivity index (χ3n) is 6.86. The van der Waals surface area contributed by atoms with Gasteiger partial charge in [0.1, 0.15) is 0 Å². The van der Waals surface area contributed by atoms with E-state index >= 15 is 0 Å². The van der Waals surface area contributed by atoms with Crippen molar-refractivity contribution in [2.24, 2.45) is 0 Å². The molecule has 3 aromatic carbocycles. The molecule has 5 nitrogen and oxygen atoms in total. The Labute approximate surface area is 241 Å². The Morgan fingerprint density at radius 2 is 1.71 bits per heavy atom. The van der Waals surface area contributed by atoms with E-state index in [9.17, 15) is 18.0 Å². The summed E-state index contributed by atoms with van der Waals surface area (Å²) in [5.41, 5.74) is 3.93. The molecule has 4 aromatic rings. The number of hydrogen-bond acceptors (Lipinski definition) is 5. The number of piperazine rings is 1. The number of thiazole rings is 1. The molecule has 0 radical (unpaired) electrons. The fraction of sp³-hybridized carbons (Fsp3) is 0.250. The second-order valence-electron chi connectivity index (χ2n) is 10.2. The third kappa shape index (κ3) is 7.61. The Kier molecular flexibility index (Phi) is 8.54. The highest BCUT2D eigenvalue weighted by Crippen LogP contribution is 2.30. The van der Waals surface area contributed by atoms with Crippen molar-refractivity contribution in [3.8, 4) is 23.1 Å². The van der Waals surface area contributed by atoms with Crippen LogP contribution in [0.3, 0.4) is 0 Å². The highest BCUT2D eigenvalue weighted by atomic mass is 32.1. The molecule has 0 bridgehead atoms. The smallest absolute Gasteiger partial charge is 0.304 e. The highest BCUT2D eigenvalue weighted by molar-refractivity contribution is 7.14. The van der Waals surface area contributed by atoms with Crippen molar-refractivity contribution in [2.45, 2.75) is 19.6 Å². The van der Waals surface area contributed by atoms with Crippen LogP contribution in [0.15, 0.2) is 72.1 Å². The summed E-state index contributed by atoms with van der Waals surface area (Å²) in [7, 11) is 2.14. The number of amides is 1. The minimum atomic E-state index is -4.42. The van der Waals surface area contributed by atoms with Crippen molar-refractivity contribution < 1.29 is 18.0 Å². The van der Waals surface area contributed by atoms with Gasteiger partial charge in [-0.25, -0.2) is 4.98 Å². The number of rotatable bonds is 5. The van der Waals surface area contributed by atoms with E-state index in [1.54, 1.807) is 19.1 Å². The number of halogens is 3. The predicted molar refractivity (Wildman–Crippen MR) is 157 cm³/mol. The van der Waals surface area contributed by atoms with Crippen LogP contribution in [-0.2, 0) is 12.7 Å². The molecule has 1 fully saturated rings. The average Bonchev–Trinajstić information content (AvgIpc) is 3.41. The number of alkyl halides is 3. The van der Waals surface area contributed by atoms with Gasteiger partial charge in [-0.3, -0.25) is 15.0 Å². The Hall–Kier alpha value is -3.97. The van der Waals surface area contributed by atoms with Crippen molar-refractivity contribution in [3.05, 3.63) is 105 Å². The van der Waals surface area contributed by atoms with E-state index in [1.165, 1.54) is 16.9 Å². The molecule has 9 heteroatoms.